The van der Waals surface area contributed by atoms with Crippen LogP contribution in [0, 0.1) is 5.92 Å². The summed E-state index contributed by atoms with van der Waals surface area (Å²) in [5, 5.41) is 0. The van der Waals surface area contributed by atoms with E-state index in [-0.39, 0.29) is 0 Å². The van der Waals surface area contributed by atoms with Gasteiger partial charge in [-0.3, -0.25) is 0 Å². The predicted molar refractivity (Wildman–Crippen MR) is 57.3 cm³/mol. The fourth-order valence-electron chi connectivity index (χ4n) is 0.754. The molecule has 0 amide bonds. The third-order valence-electron chi connectivity index (χ3n) is 2.49. The first-order valence-corrected chi connectivity index (χ1v) is 4.74. The van der Waals surface area contributed by atoms with Gasteiger partial charge in [-0.15, -0.1) is 0 Å². The highest BCUT2D eigenvalue weighted by Gasteiger charge is 1.95. The van der Waals surface area contributed by atoms with Crippen molar-refractivity contribution in [3.8, 4) is 0 Å². The van der Waals surface area contributed by atoms with Gasteiger partial charge < -0.3 is 0 Å². The molecular weight excluding hydrogens is 144 g/mol. The summed E-state index contributed by atoms with van der Waals surface area (Å²) >= 11 is 0. The van der Waals surface area contributed by atoms with Crippen LogP contribution in [-0.4, -0.2) is 0 Å². The van der Waals surface area contributed by atoms with Crippen molar-refractivity contribution in [1.82, 2.24) is 0 Å². The van der Waals surface area contributed by atoms with Crippen LogP contribution in [0.2, 0.25) is 0 Å². The first kappa shape index (κ1) is 11.5. The number of hydrogen-bond donors (Lipinski definition) is 0. The topological polar surface area (TPSA) is 0 Å². The van der Waals surface area contributed by atoms with Crippen LogP contribution >= 0.6 is 0 Å². The summed E-state index contributed by atoms with van der Waals surface area (Å²) in [6.07, 6.45) is 3.46. The average molecular weight is 166 g/mol. The lowest BCUT2D eigenvalue weighted by Gasteiger charge is -2.05. The molecule has 0 heteroatoms. The second-order valence-electron chi connectivity index (χ2n) is 4.09. The van der Waals surface area contributed by atoms with Crippen LogP contribution in [0.4, 0.5) is 0 Å². The maximum Gasteiger partial charge on any atom is -0.0136 e. The van der Waals surface area contributed by atoms with Crippen LogP contribution in [0.3, 0.4) is 0 Å². The Balaban J connectivity index is 4.15. The summed E-state index contributed by atoms with van der Waals surface area (Å²) in [6, 6.07) is 0. The molecule has 0 saturated heterocycles. The smallest absolute Gasteiger partial charge is 0.0136 e. The molecule has 0 heterocycles. The van der Waals surface area contributed by atoms with Crippen LogP contribution in [0.15, 0.2) is 22.8 Å². The zero-order valence-electron chi connectivity index (χ0n) is 9.36. The molecule has 0 unspecified atom stereocenters. The molecule has 0 N–H and O–H groups in total. The van der Waals surface area contributed by atoms with Gasteiger partial charge in [0, 0.05) is 0 Å². The van der Waals surface area contributed by atoms with E-state index in [1.54, 1.807) is 0 Å². The molecule has 0 aliphatic rings. The van der Waals surface area contributed by atoms with E-state index >= 15 is 0 Å². The molecule has 0 aliphatic carbocycles. The van der Waals surface area contributed by atoms with Crippen LogP contribution in [0.25, 0.3) is 0 Å². The second-order valence-corrected chi connectivity index (χ2v) is 4.09. The van der Waals surface area contributed by atoms with Gasteiger partial charge in [0.15, 0.2) is 0 Å². The summed E-state index contributed by atoms with van der Waals surface area (Å²) in [4.78, 5) is 0. The first-order chi connectivity index (χ1) is 5.45. The third-order valence-corrected chi connectivity index (χ3v) is 2.49. The lowest BCUT2D eigenvalue weighted by molar-refractivity contribution is 0.763. The van der Waals surface area contributed by atoms with Crippen LogP contribution in [0.5, 0.6) is 0 Å². The number of hydrogen-bond acceptors (Lipinski definition) is 0. The van der Waals surface area contributed by atoms with Gasteiger partial charge in [0.05, 0.1) is 0 Å². The van der Waals surface area contributed by atoms with Gasteiger partial charge >= 0.3 is 0 Å². The Bertz CT molecular complexity index is 188. The quantitative estimate of drug-likeness (QED) is 0.547. The standard InChI is InChI=1S/C12H22/c1-9(2)11(5)7-8-12(6)10(3)4/h7,9H,8H2,1-6H3. The zero-order chi connectivity index (χ0) is 9.72. The van der Waals surface area contributed by atoms with E-state index in [9.17, 15) is 0 Å². The normalized spacial score (nSPS) is 12.1. The highest BCUT2D eigenvalue weighted by atomic mass is 14.0. The molecule has 0 atom stereocenters. The monoisotopic (exact) mass is 166 g/mol. The largest absolute Gasteiger partial charge is 0.0813 e. The van der Waals surface area contributed by atoms with E-state index in [4.69, 9.17) is 0 Å². The van der Waals surface area contributed by atoms with Crippen LogP contribution in [-0.2, 0) is 0 Å². The minimum Gasteiger partial charge on any atom is -0.0813 e. The Morgan fingerprint density at radius 2 is 1.58 bits per heavy atom. The van der Waals surface area contributed by atoms with Crippen molar-refractivity contribution < 1.29 is 0 Å². The van der Waals surface area contributed by atoms with Crippen molar-refractivity contribution in [2.45, 2.75) is 48.0 Å². The molecule has 0 aliphatic heterocycles. The molecular formula is C12H22. The van der Waals surface area contributed by atoms with E-state index in [0.29, 0.717) is 5.92 Å². The zero-order valence-corrected chi connectivity index (χ0v) is 9.36. The van der Waals surface area contributed by atoms with E-state index in [1.165, 1.54) is 16.7 Å². The van der Waals surface area contributed by atoms with E-state index < -0.39 is 0 Å². The molecule has 0 aromatic heterocycles. The van der Waals surface area contributed by atoms with Gasteiger partial charge in [-0.2, -0.15) is 0 Å². The maximum atomic E-state index is 2.34. The Morgan fingerprint density at radius 3 is 1.92 bits per heavy atom. The third kappa shape index (κ3) is 4.38. The minimum absolute atomic E-state index is 0.690. The van der Waals surface area contributed by atoms with E-state index in [2.05, 4.69) is 47.6 Å². The first-order valence-electron chi connectivity index (χ1n) is 4.74. The Hall–Kier alpha value is -0.520. The fraction of sp³-hybridized carbons (Fsp3) is 0.667. The molecule has 0 aromatic carbocycles. The molecule has 0 aromatic rings. The van der Waals surface area contributed by atoms with Crippen LogP contribution < -0.4 is 0 Å². The van der Waals surface area contributed by atoms with Crippen molar-refractivity contribution >= 4 is 0 Å². The predicted octanol–water partition coefficient (Wildman–Crippen LogP) is 4.34. The molecule has 0 spiro atoms. The van der Waals surface area contributed by atoms with Crippen molar-refractivity contribution in [3.05, 3.63) is 22.8 Å². The van der Waals surface area contributed by atoms with Crippen molar-refractivity contribution in [2.75, 3.05) is 0 Å². The summed E-state index contributed by atoms with van der Waals surface area (Å²) in [5.74, 6) is 0.690. The van der Waals surface area contributed by atoms with E-state index in [0.717, 1.165) is 6.42 Å². The summed E-state index contributed by atoms with van der Waals surface area (Å²) < 4.78 is 0. The van der Waals surface area contributed by atoms with Gasteiger partial charge in [-0.1, -0.05) is 36.6 Å². The van der Waals surface area contributed by atoms with Gasteiger partial charge in [0.1, 0.15) is 0 Å². The van der Waals surface area contributed by atoms with Crippen LogP contribution in [0.1, 0.15) is 48.0 Å². The second kappa shape index (κ2) is 5.18. The summed E-state index contributed by atoms with van der Waals surface area (Å²) in [5.41, 5.74) is 4.44. The lowest BCUT2D eigenvalue weighted by Crippen LogP contribution is -1.89. The number of allylic oxidation sites excluding steroid dienone is 4. The molecule has 12 heavy (non-hydrogen) atoms. The summed E-state index contributed by atoms with van der Waals surface area (Å²) in [6.45, 7) is 13.2. The van der Waals surface area contributed by atoms with E-state index in [1.807, 2.05) is 0 Å². The van der Waals surface area contributed by atoms with Gasteiger partial charge in [-0.25, -0.2) is 0 Å². The molecule has 0 rings (SSSR count). The summed E-state index contributed by atoms with van der Waals surface area (Å²) in [7, 11) is 0. The van der Waals surface area contributed by atoms with Crippen molar-refractivity contribution in [3.63, 3.8) is 0 Å². The molecule has 0 bridgehead atoms. The van der Waals surface area contributed by atoms with Crippen molar-refractivity contribution in [1.29, 1.82) is 0 Å². The fourth-order valence-corrected chi connectivity index (χ4v) is 0.754. The Labute approximate surface area is 77.4 Å². The molecule has 0 saturated carbocycles. The average Bonchev–Trinajstić information content (AvgIpc) is 1.98. The van der Waals surface area contributed by atoms with Gasteiger partial charge in [-0.05, 0) is 40.0 Å². The molecule has 0 fully saturated rings. The van der Waals surface area contributed by atoms with Crippen molar-refractivity contribution in [2.24, 2.45) is 5.92 Å². The molecule has 0 radical (unpaired) electrons. The molecule has 0 nitrogen and oxygen atoms in total. The SMILES string of the molecule is CC(=CCC(C)=C(C)C)C(C)C. The lowest BCUT2D eigenvalue weighted by atomic mass is 10.0. The highest BCUT2D eigenvalue weighted by Crippen LogP contribution is 2.13. The van der Waals surface area contributed by atoms with Gasteiger partial charge in [0.25, 0.3) is 0 Å². The highest BCUT2D eigenvalue weighted by molar-refractivity contribution is 5.14. The number of rotatable bonds is 3. The Kier molecular flexibility index (Phi) is 4.96. The van der Waals surface area contributed by atoms with Gasteiger partial charge in [0.2, 0.25) is 0 Å². The minimum atomic E-state index is 0.690. The maximum absolute atomic E-state index is 2.34. The Morgan fingerprint density at radius 1 is 1.08 bits per heavy atom. The molecule has 70 valence electrons.